The molecule has 0 radical (unpaired) electrons. The molecule has 16 heteroatoms. The van der Waals surface area contributed by atoms with Gasteiger partial charge in [-0.05, 0) is 28.8 Å². The topological polar surface area (TPSA) is 183 Å². The van der Waals surface area contributed by atoms with E-state index < -0.39 is 34.9 Å². The first-order chi connectivity index (χ1) is 16.2. The van der Waals surface area contributed by atoms with Crippen LogP contribution in [0.15, 0.2) is 44.5 Å². The number of nitrogens with one attached hydrogen (secondary N) is 1. The highest BCUT2D eigenvalue weighted by atomic mass is 32.2. The van der Waals surface area contributed by atoms with E-state index >= 15 is 0 Å². The summed E-state index contributed by atoms with van der Waals surface area (Å²) in [7, 11) is 3.57. The number of thioether (sulfide) groups is 2. The van der Waals surface area contributed by atoms with Crippen LogP contribution in [0.4, 0.5) is 5.13 Å². The summed E-state index contributed by atoms with van der Waals surface area (Å²) < 4.78 is 3.32. The van der Waals surface area contributed by atoms with E-state index in [9.17, 15) is 24.7 Å². The van der Waals surface area contributed by atoms with Crippen molar-refractivity contribution in [2.75, 3.05) is 11.5 Å². The molecule has 0 saturated carbocycles. The predicted octanol–water partition coefficient (Wildman–Crippen LogP) is -1.83. The molecule has 0 aliphatic carbocycles. The molecular formula is C18H18N8O5S3. The summed E-state index contributed by atoms with van der Waals surface area (Å²) in [6.07, 6.45) is 3.43. The monoisotopic (exact) mass is 522 g/mol. The third-order valence-electron chi connectivity index (χ3n) is 4.91. The Morgan fingerprint density at radius 3 is 2.85 bits per heavy atom. The Labute approximate surface area is 205 Å². The summed E-state index contributed by atoms with van der Waals surface area (Å²) in [5.74, 6) is -2.66. The van der Waals surface area contributed by atoms with Crippen molar-refractivity contribution in [2.24, 2.45) is 19.3 Å². The normalized spacial score (nSPS) is 20.5. The van der Waals surface area contributed by atoms with Crippen molar-refractivity contribution in [2.45, 2.75) is 16.4 Å². The number of rotatable bonds is 7. The number of nitrogen functional groups attached to an aromatic ring is 1. The fraction of sp³-hybridized carbons (Fsp3) is 0.278. The Hall–Kier alpha value is -3.37. The van der Waals surface area contributed by atoms with E-state index in [1.54, 1.807) is 34.9 Å². The quantitative estimate of drug-likeness (QED) is 0.0934. The van der Waals surface area contributed by atoms with Crippen LogP contribution < -0.4 is 20.8 Å². The molecule has 1 saturated heterocycles. The van der Waals surface area contributed by atoms with E-state index in [1.807, 2.05) is 6.20 Å². The van der Waals surface area contributed by atoms with Crippen LogP contribution >= 0.6 is 34.9 Å². The largest absolute Gasteiger partial charge is 0.543 e. The van der Waals surface area contributed by atoms with Crippen LogP contribution in [0.5, 0.6) is 0 Å². The standard InChI is InChI=1S/C18H18N8O5S3/c1-24-5-10(25(2)23-24)32-4-3-8-6-33-16-12(15(28)26(16)13(8)17(29)30)21-14(27)11(22-31)9-7-34-18(19)20-9/h3-5,7,12,16H,6H2,1-2H3,(H4-,19,20,21,27,29,30,31)/b4-3+/t12-,16-/m1/s1. The maximum atomic E-state index is 12.8. The molecule has 34 heavy (non-hydrogen) atoms. The van der Waals surface area contributed by atoms with Gasteiger partial charge in [0, 0.05) is 11.1 Å². The van der Waals surface area contributed by atoms with Gasteiger partial charge in [0.2, 0.25) is 5.03 Å². The smallest absolute Gasteiger partial charge is 0.276 e. The number of carbonyl (C=O) groups is 3. The molecule has 0 aromatic carbocycles. The van der Waals surface area contributed by atoms with Gasteiger partial charge in [-0.2, -0.15) is 0 Å². The van der Waals surface area contributed by atoms with Crippen LogP contribution in [0, 0.1) is 0 Å². The van der Waals surface area contributed by atoms with Crippen molar-refractivity contribution in [1.29, 1.82) is 0 Å². The number of carbonyl (C=O) groups excluding carboxylic acids is 3. The van der Waals surface area contributed by atoms with E-state index in [2.05, 4.69) is 20.7 Å². The molecular weight excluding hydrogens is 504 g/mol. The molecule has 178 valence electrons. The summed E-state index contributed by atoms with van der Waals surface area (Å²) in [5.41, 5.74) is 5.38. The second-order valence-corrected chi connectivity index (χ2v) is 10.0. The van der Waals surface area contributed by atoms with Crippen molar-refractivity contribution in [1.82, 2.24) is 25.1 Å². The van der Waals surface area contributed by atoms with Gasteiger partial charge < -0.3 is 26.2 Å². The van der Waals surface area contributed by atoms with Gasteiger partial charge in [0.25, 0.3) is 11.8 Å². The zero-order valence-corrected chi connectivity index (χ0v) is 20.2. The highest BCUT2D eigenvalue weighted by molar-refractivity contribution is 8.02. The number of aromatic nitrogens is 4. The first-order valence-corrected chi connectivity index (χ1v) is 12.4. The molecule has 13 nitrogen and oxygen atoms in total. The highest BCUT2D eigenvalue weighted by Crippen LogP contribution is 2.40. The number of anilines is 1. The Kier molecular flexibility index (Phi) is 6.63. The van der Waals surface area contributed by atoms with Crippen LogP contribution in [0.25, 0.3) is 0 Å². The lowest BCUT2D eigenvalue weighted by atomic mass is 10.0. The molecule has 2 aliphatic heterocycles. The Bertz CT molecular complexity index is 1270. The molecule has 0 bridgehead atoms. The third-order valence-corrected chi connectivity index (χ3v) is 7.77. The average molecular weight is 523 g/mol. The number of carboxylic acids is 1. The van der Waals surface area contributed by atoms with Gasteiger partial charge in [0.05, 0.1) is 16.9 Å². The number of carboxylic acid groups (broad SMARTS) is 1. The van der Waals surface area contributed by atoms with Gasteiger partial charge >= 0.3 is 0 Å². The summed E-state index contributed by atoms with van der Waals surface area (Å²) >= 11 is 3.69. The molecule has 2 aromatic heterocycles. The van der Waals surface area contributed by atoms with E-state index in [4.69, 9.17) is 5.73 Å². The van der Waals surface area contributed by atoms with Gasteiger partial charge in [-0.1, -0.05) is 5.16 Å². The molecule has 2 aromatic rings. The third kappa shape index (κ3) is 4.38. The molecule has 2 atom stereocenters. The number of hydrogen-bond donors (Lipinski definition) is 3. The first-order valence-electron chi connectivity index (χ1n) is 9.58. The molecule has 2 amide bonds. The van der Waals surface area contributed by atoms with Crippen LogP contribution in [0.3, 0.4) is 0 Å². The Balaban J connectivity index is 1.49. The number of β-lactam (4-membered cyclic amide) rings is 1. The van der Waals surface area contributed by atoms with Crippen molar-refractivity contribution < 1.29 is 29.4 Å². The van der Waals surface area contributed by atoms with Crippen molar-refractivity contribution in [3.05, 3.63) is 40.0 Å². The SMILES string of the molecule is Cn1n[n+](C)cc1S/C=C/C1=C(C(=O)[O-])N2C(=O)[C@@H](NC(=O)/C(=N/O)c3csc(N)n3)[C@H]2SC1. The minimum atomic E-state index is -1.49. The minimum absolute atomic E-state index is 0.0599. The zero-order chi connectivity index (χ0) is 24.6. The van der Waals surface area contributed by atoms with Crippen molar-refractivity contribution >= 4 is 63.5 Å². The van der Waals surface area contributed by atoms with Crippen LogP contribution in [0.2, 0.25) is 0 Å². The summed E-state index contributed by atoms with van der Waals surface area (Å²) in [4.78, 5) is 42.2. The Morgan fingerprint density at radius 1 is 1.50 bits per heavy atom. The van der Waals surface area contributed by atoms with Gasteiger partial charge in [0.1, 0.15) is 31.2 Å². The molecule has 2 aliphatic rings. The number of thiazole rings is 1. The van der Waals surface area contributed by atoms with Crippen molar-refractivity contribution in [3.63, 3.8) is 0 Å². The number of aliphatic carboxylic acids is 1. The minimum Gasteiger partial charge on any atom is -0.543 e. The predicted molar refractivity (Wildman–Crippen MR) is 121 cm³/mol. The molecule has 0 spiro atoms. The van der Waals surface area contributed by atoms with E-state index in [0.717, 1.165) is 21.3 Å². The molecule has 4 heterocycles. The highest BCUT2D eigenvalue weighted by Gasteiger charge is 2.53. The molecule has 1 fully saturated rings. The number of nitrogens with two attached hydrogens (primary N) is 1. The van der Waals surface area contributed by atoms with Gasteiger partial charge in [0.15, 0.2) is 17.0 Å². The number of nitrogens with zero attached hydrogens (tertiary/aromatic N) is 6. The second-order valence-electron chi connectivity index (χ2n) is 7.12. The van der Waals surface area contributed by atoms with E-state index in [-0.39, 0.29) is 22.3 Å². The van der Waals surface area contributed by atoms with Crippen molar-refractivity contribution in [3.8, 4) is 0 Å². The second kappa shape index (κ2) is 9.47. The van der Waals surface area contributed by atoms with Gasteiger partial charge in [-0.3, -0.25) is 14.5 Å². The fourth-order valence-electron chi connectivity index (χ4n) is 3.40. The van der Waals surface area contributed by atoms with Crippen LogP contribution in [-0.2, 0) is 28.5 Å². The lowest BCUT2D eigenvalue weighted by Gasteiger charge is -2.50. The maximum Gasteiger partial charge on any atom is 0.276 e. The van der Waals surface area contributed by atoms with E-state index in [1.165, 1.54) is 28.9 Å². The van der Waals surface area contributed by atoms with Crippen LogP contribution in [0.1, 0.15) is 5.69 Å². The number of fused-ring (bicyclic) bond motifs is 1. The number of allylic oxidation sites excluding steroid dienone is 1. The molecule has 4 N–H and O–H groups in total. The number of aryl methyl sites for hydroxylation is 2. The van der Waals surface area contributed by atoms with E-state index in [0.29, 0.717) is 5.57 Å². The summed E-state index contributed by atoms with van der Waals surface area (Å²) in [5, 5.41) is 34.2. The summed E-state index contributed by atoms with van der Waals surface area (Å²) in [6.45, 7) is 0. The zero-order valence-electron chi connectivity index (χ0n) is 17.7. The maximum absolute atomic E-state index is 12.8. The number of hydrogen-bond acceptors (Lipinski definition) is 12. The lowest BCUT2D eigenvalue weighted by molar-refractivity contribution is -0.732. The van der Waals surface area contributed by atoms with Gasteiger partial charge in [-0.15, -0.1) is 32.5 Å². The number of amides is 2. The Morgan fingerprint density at radius 2 is 2.26 bits per heavy atom. The average Bonchev–Trinajstić information content (AvgIpc) is 3.35. The molecule has 0 unspecified atom stereocenters. The fourth-order valence-corrected chi connectivity index (χ4v) is 6.04. The van der Waals surface area contributed by atoms with Gasteiger partial charge in [-0.25, -0.2) is 4.98 Å². The lowest BCUT2D eigenvalue weighted by Crippen LogP contribution is -2.71. The first kappa shape index (κ1) is 23.8. The number of oxime groups is 1. The summed E-state index contributed by atoms with van der Waals surface area (Å²) in [6, 6.07) is -1.01. The van der Waals surface area contributed by atoms with Crippen LogP contribution in [-0.4, -0.2) is 65.7 Å². The molecule has 4 rings (SSSR count).